The second-order valence-corrected chi connectivity index (χ2v) is 4.74. The third-order valence-corrected chi connectivity index (χ3v) is 2.77. The molecule has 96 valence electrons. The van der Waals surface area contributed by atoms with Crippen molar-refractivity contribution in [3.63, 3.8) is 0 Å². The van der Waals surface area contributed by atoms with Gasteiger partial charge in [0.15, 0.2) is 5.76 Å². The van der Waals surface area contributed by atoms with E-state index in [2.05, 4.69) is 5.16 Å². The summed E-state index contributed by atoms with van der Waals surface area (Å²) in [6, 6.07) is 7.96. The van der Waals surface area contributed by atoms with Crippen molar-refractivity contribution < 1.29 is 13.3 Å². The number of hydrogen-bond donors (Lipinski definition) is 0. The minimum absolute atomic E-state index is 0.0255. The van der Waals surface area contributed by atoms with E-state index in [0.29, 0.717) is 11.3 Å². The van der Waals surface area contributed by atoms with Gasteiger partial charge in [0.1, 0.15) is 0 Å². The van der Waals surface area contributed by atoms with E-state index >= 15 is 0 Å². The molecule has 0 saturated carbocycles. The Hall–Kier alpha value is -1.71. The molecule has 0 aliphatic rings. The molecule has 0 atom stereocenters. The highest BCUT2D eigenvalue weighted by molar-refractivity contribution is 5.58. The third-order valence-electron chi connectivity index (χ3n) is 2.77. The number of alkyl halides is 2. The largest absolute Gasteiger partial charge is 0.356 e. The van der Waals surface area contributed by atoms with E-state index in [9.17, 15) is 8.78 Å². The van der Waals surface area contributed by atoms with E-state index in [0.717, 1.165) is 12.6 Å². The second-order valence-electron chi connectivity index (χ2n) is 4.74. The highest BCUT2D eigenvalue weighted by Crippen LogP contribution is 2.31. The summed E-state index contributed by atoms with van der Waals surface area (Å²) in [5.74, 6) is -2.08. The SMILES string of the molecule is CC(C)c1cc(-c2cccc(C(C)(F)F)c2)on1. The van der Waals surface area contributed by atoms with Crippen LogP contribution in [-0.2, 0) is 5.92 Å². The fraction of sp³-hybridized carbons (Fsp3) is 0.357. The van der Waals surface area contributed by atoms with Crippen LogP contribution in [0.1, 0.15) is 37.9 Å². The van der Waals surface area contributed by atoms with Crippen LogP contribution >= 0.6 is 0 Å². The molecule has 1 aromatic heterocycles. The lowest BCUT2D eigenvalue weighted by molar-refractivity contribution is 0.0175. The van der Waals surface area contributed by atoms with Crippen LogP contribution in [0.4, 0.5) is 8.78 Å². The minimum atomic E-state index is -2.85. The van der Waals surface area contributed by atoms with Crippen molar-refractivity contribution >= 4 is 0 Å². The van der Waals surface area contributed by atoms with Crippen molar-refractivity contribution in [1.82, 2.24) is 5.16 Å². The van der Waals surface area contributed by atoms with Crippen LogP contribution in [0.25, 0.3) is 11.3 Å². The lowest BCUT2D eigenvalue weighted by Crippen LogP contribution is -2.06. The van der Waals surface area contributed by atoms with E-state index in [4.69, 9.17) is 4.52 Å². The molecular weight excluding hydrogens is 236 g/mol. The average molecular weight is 251 g/mol. The quantitative estimate of drug-likeness (QED) is 0.798. The van der Waals surface area contributed by atoms with Gasteiger partial charge in [-0.05, 0) is 12.0 Å². The Balaban J connectivity index is 2.38. The number of rotatable bonds is 3. The van der Waals surface area contributed by atoms with Crippen LogP contribution in [0.3, 0.4) is 0 Å². The molecule has 0 N–H and O–H groups in total. The molecule has 18 heavy (non-hydrogen) atoms. The first-order valence-electron chi connectivity index (χ1n) is 5.83. The van der Waals surface area contributed by atoms with Gasteiger partial charge in [-0.2, -0.15) is 0 Å². The molecule has 0 amide bonds. The van der Waals surface area contributed by atoms with E-state index in [1.54, 1.807) is 18.2 Å². The molecule has 4 heteroatoms. The van der Waals surface area contributed by atoms with Crippen LogP contribution < -0.4 is 0 Å². The van der Waals surface area contributed by atoms with Crippen LogP contribution in [0.15, 0.2) is 34.9 Å². The summed E-state index contributed by atoms with van der Waals surface area (Å²) in [5, 5.41) is 3.92. The summed E-state index contributed by atoms with van der Waals surface area (Å²) in [7, 11) is 0. The zero-order chi connectivity index (χ0) is 13.3. The topological polar surface area (TPSA) is 26.0 Å². The van der Waals surface area contributed by atoms with Gasteiger partial charge < -0.3 is 4.52 Å². The summed E-state index contributed by atoms with van der Waals surface area (Å²) in [5.41, 5.74) is 1.41. The van der Waals surface area contributed by atoms with Crippen LogP contribution in [0.2, 0.25) is 0 Å². The molecule has 0 saturated heterocycles. The summed E-state index contributed by atoms with van der Waals surface area (Å²) in [6.45, 7) is 4.88. The highest BCUT2D eigenvalue weighted by Gasteiger charge is 2.24. The van der Waals surface area contributed by atoms with E-state index < -0.39 is 5.92 Å². The Kier molecular flexibility index (Phi) is 3.20. The number of hydrogen-bond acceptors (Lipinski definition) is 2. The van der Waals surface area contributed by atoms with Crippen molar-refractivity contribution in [1.29, 1.82) is 0 Å². The maximum absolute atomic E-state index is 13.2. The molecule has 0 fully saturated rings. The zero-order valence-corrected chi connectivity index (χ0v) is 10.6. The lowest BCUT2D eigenvalue weighted by Gasteiger charge is -2.10. The fourth-order valence-corrected chi connectivity index (χ4v) is 1.64. The van der Waals surface area contributed by atoms with E-state index in [-0.39, 0.29) is 11.5 Å². The molecule has 1 aromatic carbocycles. The number of benzene rings is 1. The molecule has 2 aromatic rings. The summed E-state index contributed by atoms with van der Waals surface area (Å²) >= 11 is 0. The fourth-order valence-electron chi connectivity index (χ4n) is 1.64. The first kappa shape index (κ1) is 12.7. The Morgan fingerprint density at radius 3 is 2.50 bits per heavy atom. The normalized spacial score (nSPS) is 12.1. The van der Waals surface area contributed by atoms with Crippen LogP contribution in [-0.4, -0.2) is 5.16 Å². The van der Waals surface area contributed by atoms with Crippen molar-refractivity contribution in [2.24, 2.45) is 0 Å². The molecule has 0 unspecified atom stereocenters. The Labute approximate surface area is 105 Å². The van der Waals surface area contributed by atoms with E-state index in [1.165, 1.54) is 12.1 Å². The summed E-state index contributed by atoms with van der Waals surface area (Å²) in [6.07, 6.45) is 0. The van der Waals surface area contributed by atoms with Crippen molar-refractivity contribution in [2.45, 2.75) is 32.6 Å². The third kappa shape index (κ3) is 2.58. The average Bonchev–Trinajstić information content (AvgIpc) is 2.77. The number of aromatic nitrogens is 1. The Morgan fingerprint density at radius 2 is 1.94 bits per heavy atom. The highest BCUT2D eigenvalue weighted by atomic mass is 19.3. The Morgan fingerprint density at radius 1 is 1.22 bits per heavy atom. The zero-order valence-electron chi connectivity index (χ0n) is 10.6. The van der Waals surface area contributed by atoms with Crippen molar-refractivity contribution in [2.75, 3.05) is 0 Å². The molecule has 2 rings (SSSR count). The maximum atomic E-state index is 13.2. The smallest absolute Gasteiger partial charge is 0.270 e. The number of nitrogens with zero attached hydrogens (tertiary/aromatic N) is 1. The molecule has 0 spiro atoms. The van der Waals surface area contributed by atoms with Gasteiger partial charge in [-0.3, -0.25) is 0 Å². The Bertz CT molecular complexity index is 541. The first-order chi connectivity index (χ1) is 8.38. The van der Waals surface area contributed by atoms with Gasteiger partial charge >= 0.3 is 0 Å². The standard InChI is InChI=1S/C14H15F2NO/c1-9(2)12-8-13(18-17-12)10-5-4-6-11(7-10)14(3,15)16/h4-9H,1-3H3. The first-order valence-corrected chi connectivity index (χ1v) is 5.83. The van der Waals surface area contributed by atoms with Crippen LogP contribution in [0, 0.1) is 0 Å². The van der Waals surface area contributed by atoms with Crippen molar-refractivity contribution in [3.05, 3.63) is 41.6 Å². The predicted molar refractivity (Wildman–Crippen MR) is 65.6 cm³/mol. The monoisotopic (exact) mass is 251 g/mol. The van der Waals surface area contributed by atoms with Gasteiger partial charge in [-0.15, -0.1) is 0 Å². The van der Waals surface area contributed by atoms with Gasteiger partial charge in [0.25, 0.3) is 5.92 Å². The molecule has 0 aliphatic heterocycles. The van der Waals surface area contributed by atoms with Gasteiger partial charge in [-0.1, -0.05) is 37.2 Å². The lowest BCUT2D eigenvalue weighted by atomic mass is 10.0. The van der Waals surface area contributed by atoms with Gasteiger partial charge in [0.05, 0.1) is 5.69 Å². The molecule has 0 radical (unpaired) electrons. The van der Waals surface area contributed by atoms with Crippen LogP contribution in [0.5, 0.6) is 0 Å². The molecular formula is C14H15F2NO. The molecule has 1 heterocycles. The molecule has 0 aliphatic carbocycles. The van der Waals surface area contributed by atoms with Gasteiger partial charge in [-0.25, -0.2) is 8.78 Å². The summed E-state index contributed by atoms with van der Waals surface area (Å²) < 4.78 is 31.7. The van der Waals surface area contributed by atoms with E-state index in [1.807, 2.05) is 13.8 Å². The number of halogens is 2. The predicted octanol–water partition coefficient (Wildman–Crippen LogP) is 4.58. The second kappa shape index (κ2) is 4.52. The molecule has 0 bridgehead atoms. The van der Waals surface area contributed by atoms with Gasteiger partial charge in [0, 0.05) is 24.1 Å². The summed E-state index contributed by atoms with van der Waals surface area (Å²) in [4.78, 5) is 0. The minimum Gasteiger partial charge on any atom is -0.356 e. The van der Waals surface area contributed by atoms with Gasteiger partial charge in [0.2, 0.25) is 0 Å². The molecule has 2 nitrogen and oxygen atoms in total. The maximum Gasteiger partial charge on any atom is 0.270 e. The van der Waals surface area contributed by atoms with Crippen molar-refractivity contribution in [3.8, 4) is 11.3 Å².